The van der Waals surface area contributed by atoms with Gasteiger partial charge in [0.25, 0.3) is 0 Å². The number of fused-ring (bicyclic) bond motifs is 1. The quantitative estimate of drug-likeness (QED) is 0.0521. The molecule has 1 aromatic heterocycles. The van der Waals surface area contributed by atoms with Gasteiger partial charge in [-0.3, -0.25) is 4.79 Å². The second kappa shape index (κ2) is 21.8. The van der Waals surface area contributed by atoms with Gasteiger partial charge in [0.1, 0.15) is 24.7 Å². The molecule has 7 N–H and O–H groups in total. The Hall–Kier alpha value is -6.57. The van der Waals surface area contributed by atoms with Crippen molar-refractivity contribution in [1.29, 1.82) is 0 Å². The molecule has 0 unspecified atom stereocenters. The van der Waals surface area contributed by atoms with E-state index in [-0.39, 0.29) is 82.3 Å². The summed E-state index contributed by atoms with van der Waals surface area (Å²) in [6, 6.07) is 16.8. The van der Waals surface area contributed by atoms with Crippen LogP contribution in [0.4, 0.5) is 43.3 Å². The number of hydrogen-bond donors (Lipinski definition) is 6. The number of alkyl carbamates (subject to hydrolysis) is 1. The van der Waals surface area contributed by atoms with Crippen molar-refractivity contribution >= 4 is 46.5 Å². The number of nitrogens with zero attached hydrogens (tertiary/aromatic N) is 3. The smallest absolute Gasteiger partial charge is 0.410 e. The van der Waals surface area contributed by atoms with Crippen molar-refractivity contribution in [2.45, 2.75) is 64.2 Å². The van der Waals surface area contributed by atoms with Crippen LogP contribution in [-0.4, -0.2) is 103 Å². The van der Waals surface area contributed by atoms with Gasteiger partial charge in [-0.25, -0.2) is 23.6 Å². The van der Waals surface area contributed by atoms with Crippen molar-refractivity contribution in [2.75, 3.05) is 56.0 Å². The van der Waals surface area contributed by atoms with E-state index in [1.807, 2.05) is 0 Å². The predicted octanol–water partition coefficient (Wildman–Crippen LogP) is 5.38. The molecule has 0 radical (unpaired) electrons. The SMILES string of the molecule is CCn1c(C(=O)O)cc(=O)c2cc(F)c(N3CCN(C(=O)OCc4ccc(NC[C@H](CCCNC(N)=O)NC[C@@H](CC(F)(F)F)NC(=O)OCc5ccccc5)cc4)CC3)cc21. The summed E-state index contributed by atoms with van der Waals surface area (Å²) in [7, 11) is 0. The highest BCUT2D eigenvalue weighted by atomic mass is 19.4. The van der Waals surface area contributed by atoms with Gasteiger partial charge in [0.05, 0.1) is 23.7 Å². The lowest BCUT2D eigenvalue weighted by atomic mass is 10.1. The molecule has 4 aromatic rings. The van der Waals surface area contributed by atoms with Crippen LogP contribution in [0, 0.1) is 5.82 Å². The van der Waals surface area contributed by atoms with E-state index in [1.165, 1.54) is 15.5 Å². The Balaban J connectivity index is 1.12. The number of ether oxygens (including phenoxy) is 2. The summed E-state index contributed by atoms with van der Waals surface area (Å²) >= 11 is 0. The first kappa shape index (κ1) is 46.5. The molecule has 0 aliphatic carbocycles. The van der Waals surface area contributed by atoms with Gasteiger partial charge in [-0.05, 0) is 55.2 Å². The number of piperazine rings is 1. The van der Waals surface area contributed by atoms with Crippen molar-refractivity contribution in [3.8, 4) is 0 Å². The van der Waals surface area contributed by atoms with Crippen molar-refractivity contribution in [2.24, 2.45) is 5.73 Å². The predicted molar refractivity (Wildman–Crippen MR) is 223 cm³/mol. The topological polar surface area (TPSA) is 210 Å². The number of amides is 4. The second-order valence-electron chi connectivity index (χ2n) is 14.6. The molecule has 0 spiro atoms. The molecule has 3 aromatic carbocycles. The first-order valence-corrected chi connectivity index (χ1v) is 20.0. The number of primary amides is 1. The number of carboxylic acids is 1. The number of anilines is 2. The largest absolute Gasteiger partial charge is 0.477 e. The summed E-state index contributed by atoms with van der Waals surface area (Å²) in [5.41, 5.74) is 6.87. The average Bonchev–Trinajstić information content (AvgIpc) is 3.24. The standard InChI is InChI=1S/C42H50F4N8O8/c1-2-54-34-20-35(33(43)19-32(34)37(55)21-36(54)38(56)57)52-15-17-53(18-16-52)41(60)62-26-28-10-12-29(13-11-28)49-23-30(9-6-14-48-39(47)58)50-24-31(22-42(44,45)46)51-40(59)61-25-27-7-4-3-5-8-27/h3-5,7-8,10-13,19-21,30-31,49-50H,2,6,9,14-18,22-26H2,1H3,(H,51,59)(H,56,57)(H3,47,48,58)/t30-,31+/m0/s1. The van der Waals surface area contributed by atoms with E-state index >= 15 is 4.39 Å². The van der Waals surface area contributed by atoms with Crippen LogP contribution in [0.2, 0.25) is 0 Å². The highest BCUT2D eigenvalue weighted by molar-refractivity contribution is 5.91. The van der Waals surface area contributed by atoms with Crippen LogP contribution in [0.25, 0.3) is 10.9 Å². The Kier molecular flexibility index (Phi) is 16.3. The number of carbonyl (C=O) groups is 4. The molecule has 16 nitrogen and oxygen atoms in total. The number of halogens is 4. The minimum absolute atomic E-state index is 0.0441. The summed E-state index contributed by atoms with van der Waals surface area (Å²) in [6.07, 6.45) is -6.53. The zero-order valence-corrected chi connectivity index (χ0v) is 34.0. The molecule has 4 amide bonds. The van der Waals surface area contributed by atoms with Crippen LogP contribution in [-0.2, 0) is 29.2 Å². The van der Waals surface area contributed by atoms with E-state index in [9.17, 15) is 42.3 Å². The third-order valence-corrected chi connectivity index (χ3v) is 10.2. The number of pyridine rings is 1. The molecule has 2 atom stereocenters. The fraction of sp³-hybridized carbons (Fsp3) is 0.405. The molecule has 5 rings (SSSR count). The molecule has 20 heteroatoms. The van der Waals surface area contributed by atoms with Crippen LogP contribution in [0.1, 0.15) is 47.8 Å². The minimum atomic E-state index is -4.57. The number of hydrogen-bond acceptors (Lipinski definition) is 10. The molecule has 62 heavy (non-hydrogen) atoms. The van der Waals surface area contributed by atoms with Gasteiger partial charge >= 0.3 is 30.4 Å². The number of carboxylic acid groups (broad SMARTS) is 1. The van der Waals surface area contributed by atoms with Crippen LogP contribution in [0.15, 0.2) is 77.6 Å². The molecular weight excluding hydrogens is 821 g/mol. The lowest BCUT2D eigenvalue weighted by Gasteiger charge is -2.35. The molecule has 1 aliphatic heterocycles. The maximum Gasteiger partial charge on any atom is 0.410 e. The van der Waals surface area contributed by atoms with Gasteiger partial charge in [-0.2, -0.15) is 13.2 Å². The third-order valence-electron chi connectivity index (χ3n) is 10.2. The molecule has 2 heterocycles. The van der Waals surface area contributed by atoms with E-state index in [2.05, 4.69) is 21.3 Å². The van der Waals surface area contributed by atoms with E-state index in [1.54, 1.807) is 66.4 Å². The number of benzene rings is 3. The van der Waals surface area contributed by atoms with E-state index in [0.29, 0.717) is 35.2 Å². The second-order valence-corrected chi connectivity index (χ2v) is 14.6. The maximum atomic E-state index is 15.3. The molecular formula is C42H50F4N8O8. The number of aryl methyl sites for hydroxylation is 1. The fourth-order valence-corrected chi connectivity index (χ4v) is 7.00. The van der Waals surface area contributed by atoms with Crippen molar-refractivity contribution < 1.29 is 51.3 Å². The highest BCUT2D eigenvalue weighted by Gasteiger charge is 2.33. The minimum Gasteiger partial charge on any atom is -0.477 e. The van der Waals surface area contributed by atoms with Gasteiger partial charge in [-0.15, -0.1) is 0 Å². The normalized spacial score (nSPS) is 13.9. The number of urea groups is 1. The van der Waals surface area contributed by atoms with Crippen molar-refractivity contribution in [1.82, 2.24) is 25.4 Å². The Morgan fingerprint density at radius 3 is 2.21 bits per heavy atom. The van der Waals surface area contributed by atoms with Crippen LogP contribution in [0.3, 0.4) is 0 Å². The number of nitrogens with one attached hydrogen (secondary N) is 4. The lowest BCUT2D eigenvalue weighted by molar-refractivity contribution is -0.139. The summed E-state index contributed by atoms with van der Waals surface area (Å²) in [5.74, 6) is -1.91. The van der Waals surface area contributed by atoms with E-state index in [4.69, 9.17) is 15.2 Å². The van der Waals surface area contributed by atoms with Crippen molar-refractivity contribution in [3.05, 3.63) is 106 Å². The number of aromatic nitrogens is 1. The van der Waals surface area contributed by atoms with Crippen LogP contribution in [0.5, 0.6) is 0 Å². The summed E-state index contributed by atoms with van der Waals surface area (Å²) in [4.78, 5) is 64.1. The Bertz CT molecular complexity index is 2220. The lowest BCUT2D eigenvalue weighted by Crippen LogP contribution is -2.49. The van der Waals surface area contributed by atoms with Gasteiger partial charge < -0.3 is 55.9 Å². The van der Waals surface area contributed by atoms with Gasteiger partial charge in [-0.1, -0.05) is 42.5 Å². The molecule has 334 valence electrons. The highest BCUT2D eigenvalue weighted by Crippen LogP contribution is 2.27. The number of alkyl halides is 3. The Labute approximate surface area is 354 Å². The zero-order valence-electron chi connectivity index (χ0n) is 34.0. The number of nitrogens with two attached hydrogens (primary N) is 1. The fourth-order valence-electron chi connectivity index (χ4n) is 7.00. The summed E-state index contributed by atoms with van der Waals surface area (Å²) < 4.78 is 67.8. The van der Waals surface area contributed by atoms with Crippen molar-refractivity contribution in [3.63, 3.8) is 0 Å². The Morgan fingerprint density at radius 1 is 0.887 bits per heavy atom. The maximum absolute atomic E-state index is 15.3. The molecule has 0 saturated carbocycles. The molecule has 1 aliphatic rings. The van der Waals surface area contributed by atoms with Gasteiger partial charge in [0, 0.05) is 75.5 Å². The van der Waals surface area contributed by atoms with Crippen LogP contribution >= 0.6 is 0 Å². The molecule has 1 fully saturated rings. The molecule has 1 saturated heterocycles. The van der Waals surface area contributed by atoms with Gasteiger partial charge in [0.15, 0.2) is 5.43 Å². The van der Waals surface area contributed by atoms with Crippen LogP contribution < -0.4 is 37.3 Å². The monoisotopic (exact) mass is 870 g/mol. The van der Waals surface area contributed by atoms with E-state index < -0.39 is 60.1 Å². The first-order chi connectivity index (χ1) is 29.6. The van der Waals surface area contributed by atoms with E-state index in [0.717, 1.165) is 12.1 Å². The Morgan fingerprint density at radius 2 is 1.56 bits per heavy atom. The summed E-state index contributed by atoms with van der Waals surface area (Å²) in [6.45, 7) is 3.04. The third kappa shape index (κ3) is 13.7. The zero-order chi connectivity index (χ0) is 44.8. The number of carbonyl (C=O) groups excluding carboxylic acids is 3. The van der Waals surface area contributed by atoms with Gasteiger partial charge in [0.2, 0.25) is 0 Å². The number of aromatic carboxylic acids is 1. The average molecular weight is 871 g/mol. The summed E-state index contributed by atoms with van der Waals surface area (Å²) in [5, 5.41) is 20.8. The molecule has 0 bridgehead atoms. The first-order valence-electron chi connectivity index (χ1n) is 20.0. The number of rotatable bonds is 19.